The molecule has 0 saturated heterocycles. The molecule has 1 fully saturated rings. The lowest BCUT2D eigenvalue weighted by atomic mass is 9.64. The summed E-state index contributed by atoms with van der Waals surface area (Å²) >= 11 is 1.42. The first-order chi connectivity index (χ1) is 11.9. The van der Waals surface area contributed by atoms with Crippen molar-refractivity contribution in [2.24, 2.45) is 0 Å². The van der Waals surface area contributed by atoms with Crippen molar-refractivity contribution < 1.29 is 13.9 Å². The largest absolute Gasteiger partial charge is 0.385 e. The molecule has 0 atom stereocenters. The van der Waals surface area contributed by atoms with Crippen molar-refractivity contribution in [2.75, 3.05) is 6.26 Å². The minimum absolute atomic E-state index is 0.339. The maximum absolute atomic E-state index is 13.8. The monoisotopic (exact) mass is 359 g/mol. The normalized spacial score (nSPS) is 26.2. The molecule has 2 nitrogen and oxygen atoms in total. The van der Waals surface area contributed by atoms with Crippen molar-refractivity contribution in [2.45, 2.75) is 41.6 Å². The molecule has 0 heterocycles. The summed E-state index contributed by atoms with van der Waals surface area (Å²) in [4.78, 5) is 0.763. The molecule has 5 heteroatoms. The second kappa shape index (κ2) is 6.78. The molecule has 0 radical (unpaired) electrons. The van der Waals surface area contributed by atoms with Gasteiger partial charge in [-0.1, -0.05) is 12.1 Å². The SMILES string of the molecule is CSc1cc(F)cc([C@]2(O)CC[C@@](C#N)(c3ccc(F)cc3)CC2)c1. The summed E-state index contributed by atoms with van der Waals surface area (Å²) in [6.07, 6.45) is 3.45. The quantitative estimate of drug-likeness (QED) is 0.792. The first-order valence-corrected chi connectivity index (χ1v) is 9.38. The fourth-order valence-electron chi connectivity index (χ4n) is 3.56. The van der Waals surface area contributed by atoms with E-state index >= 15 is 0 Å². The Kier molecular flexibility index (Phi) is 4.86. The lowest BCUT2D eigenvalue weighted by Crippen LogP contribution is -2.39. The van der Waals surface area contributed by atoms with E-state index in [1.165, 1.54) is 36.0 Å². The molecule has 0 unspecified atom stereocenters. The van der Waals surface area contributed by atoms with Crippen molar-refractivity contribution >= 4 is 11.8 Å². The number of halogens is 2. The molecular weight excluding hydrogens is 340 g/mol. The highest BCUT2D eigenvalue weighted by Gasteiger charge is 2.44. The molecule has 2 aromatic carbocycles. The highest BCUT2D eigenvalue weighted by atomic mass is 32.2. The Hall–Kier alpha value is -1.90. The molecular formula is C20H19F2NOS. The molecule has 1 aliphatic carbocycles. The van der Waals surface area contributed by atoms with Crippen molar-refractivity contribution in [3.05, 3.63) is 65.2 Å². The van der Waals surface area contributed by atoms with Crippen LogP contribution < -0.4 is 0 Å². The second-order valence-electron chi connectivity index (χ2n) is 6.61. The van der Waals surface area contributed by atoms with E-state index in [9.17, 15) is 19.1 Å². The smallest absolute Gasteiger partial charge is 0.124 e. The highest BCUT2D eigenvalue weighted by molar-refractivity contribution is 7.98. The van der Waals surface area contributed by atoms with Crippen LogP contribution in [0.25, 0.3) is 0 Å². The molecule has 0 amide bonds. The third-order valence-electron chi connectivity index (χ3n) is 5.19. The van der Waals surface area contributed by atoms with Gasteiger partial charge in [0.15, 0.2) is 0 Å². The summed E-state index contributed by atoms with van der Waals surface area (Å²) in [6.45, 7) is 0. The zero-order valence-electron chi connectivity index (χ0n) is 13.9. The Balaban J connectivity index is 1.88. The highest BCUT2D eigenvalue weighted by Crippen LogP contribution is 2.47. The lowest BCUT2D eigenvalue weighted by molar-refractivity contribution is -0.0142. The van der Waals surface area contributed by atoms with Crippen molar-refractivity contribution in [1.29, 1.82) is 5.26 Å². The summed E-state index contributed by atoms with van der Waals surface area (Å²) in [7, 11) is 0. The lowest BCUT2D eigenvalue weighted by Gasteiger charge is -2.41. The summed E-state index contributed by atoms with van der Waals surface area (Å²) in [5.74, 6) is -0.709. The third kappa shape index (κ3) is 3.42. The summed E-state index contributed by atoms with van der Waals surface area (Å²) in [6, 6.07) is 13.0. The first-order valence-electron chi connectivity index (χ1n) is 8.16. The van der Waals surface area contributed by atoms with Gasteiger partial charge in [-0.3, -0.25) is 0 Å². The number of hydrogen-bond acceptors (Lipinski definition) is 3. The van der Waals surface area contributed by atoms with Gasteiger partial charge in [0.1, 0.15) is 11.6 Å². The van der Waals surface area contributed by atoms with Crippen LogP contribution in [0.2, 0.25) is 0 Å². The molecule has 0 spiro atoms. The van der Waals surface area contributed by atoms with Gasteiger partial charge in [0.05, 0.1) is 17.1 Å². The van der Waals surface area contributed by atoms with Crippen LogP contribution in [-0.4, -0.2) is 11.4 Å². The molecule has 0 aliphatic heterocycles. The standard InChI is InChI=1S/C20H19F2NOS/c1-25-18-11-15(10-17(22)12-18)20(24)8-6-19(13-23,7-9-20)14-2-4-16(21)5-3-14/h2-5,10-12,24H,6-9H2,1H3/t19-,20+. The number of benzene rings is 2. The van der Waals surface area contributed by atoms with Crippen LogP contribution in [0, 0.1) is 23.0 Å². The van der Waals surface area contributed by atoms with Gasteiger partial charge in [0.25, 0.3) is 0 Å². The van der Waals surface area contributed by atoms with Crippen LogP contribution in [-0.2, 0) is 11.0 Å². The minimum atomic E-state index is -1.15. The predicted molar refractivity (Wildman–Crippen MR) is 94.2 cm³/mol. The average Bonchev–Trinajstić information content (AvgIpc) is 2.63. The van der Waals surface area contributed by atoms with Gasteiger partial charge in [0.2, 0.25) is 0 Å². The molecule has 0 aromatic heterocycles. The van der Waals surface area contributed by atoms with Crippen molar-refractivity contribution in [1.82, 2.24) is 0 Å². The summed E-state index contributed by atoms with van der Waals surface area (Å²) < 4.78 is 27.0. The van der Waals surface area contributed by atoms with Gasteiger partial charge in [-0.2, -0.15) is 5.26 Å². The van der Waals surface area contributed by atoms with E-state index in [4.69, 9.17) is 0 Å². The predicted octanol–water partition coefficient (Wildman–Crippen LogP) is 4.91. The zero-order valence-corrected chi connectivity index (χ0v) is 14.7. The topological polar surface area (TPSA) is 44.0 Å². The van der Waals surface area contributed by atoms with Crippen LogP contribution in [0.1, 0.15) is 36.8 Å². The number of thioether (sulfide) groups is 1. The van der Waals surface area contributed by atoms with E-state index in [1.807, 2.05) is 12.3 Å². The van der Waals surface area contributed by atoms with Gasteiger partial charge in [-0.25, -0.2) is 8.78 Å². The molecule has 3 rings (SSSR count). The Morgan fingerprint density at radius 2 is 1.60 bits per heavy atom. The molecule has 2 aromatic rings. The summed E-state index contributed by atoms with van der Waals surface area (Å²) in [5, 5.41) is 20.8. The van der Waals surface area contributed by atoms with Crippen LogP contribution >= 0.6 is 11.8 Å². The second-order valence-corrected chi connectivity index (χ2v) is 7.49. The fraction of sp³-hybridized carbons (Fsp3) is 0.350. The zero-order chi connectivity index (χ0) is 18.1. The molecule has 1 N–H and O–H groups in total. The molecule has 1 aliphatic rings. The van der Waals surface area contributed by atoms with E-state index in [0.717, 1.165) is 10.5 Å². The minimum Gasteiger partial charge on any atom is -0.385 e. The van der Waals surface area contributed by atoms with Gasteiger partial charge in [-0.05, 0) is 73.4 Å². The molecule has 25 heavy (non-hydrogen) atoms. The number of nitriles is 1. The first kappa shape index (κ1) is 17.9. The number of rotatable bonds is 3. The molecule has 130 valence electrons. The Morgan fingerprint density at radius 3 is 2.16 bits per heavy atom. The molecule has 0 bridgehead atoms. The van der Waals surface area contributed by atoms with Gasteiger partial charge in [0, 0.05) is 4.90 Å². The average molecular weight is 359 g/mol. The van der Waals surface area contributed by atoms with Crippen LogP contribution in [0.4, 0.5) is 8.78 Å². The maximum atomic E-state index is 13.8. The Bertz CT molecular complexity index is 805. The van der Waals surface area contributed by atoms with E-state index in [-0.39, 0.29) is 11.6 Å². The van der Waals surface area contributed by atoms with Gasteiger partial charge < -0.3 is 5.11 Å². The van der Waals surface area contributed by atoms with Gasteiger partial charge >= 0.3 is 0 Å². The molecule has 1 saturated carbocycles. The fourth-order valence-corrected chi connectivity index (χ4v) is 4.04. The summed E-state index contributed by atoms with van der Waals surface area (Å²) in [5.41, 5.74) is -0.562. The van der Waals surface area contributed by atoms with Crippen LogP contribution in [0.15, 0.2) is 47.4 Å². The van der Waals surface area contributed by atoms with E-state index in [2.05, 4.69) is 6.07 Å². The van der Waals surface area contributed by atoms with Crippen LogP contribution in [0.5, 0.6) is 0 Å². The van der Waals surface area contributed by atoms with Crippen molar-refractivity contribution in [3.63, 3.8) is 0 Å². The third-order valence-corrected chi connectivity index (χ3v) is 5.89. The Morgan fingerprint density at radius 1 is 0.960 bits per heavy atom. The number of nitrogens with zero attached hydrogens (tertiary/aromatic N) is 1. The van der Waals surface area contributed by atoms with Crippen LogP contribution in [0.3, 0.4) is 0 Å². The van der Waals surface area contributed by atoms with E-state index in [0.29, 0.717) is 31.2 Å². The maximum Gasteiger partial charge on any atom is 0.124 e. The Labute approximate surface area is 150 Å². The van der Waals surface area contributed by atoms with Crippen molar-refractivity contribution in [3.8, 4) is 6.07 Å². The number of aliphatic hydroxyl groups is 1. The van der Waals surface area contributed by atoms with E-state index < -0.39 is 11.0 Å². The number of hydrogen-bond donors (Lipinski definition) is 1. The van der Waals surface area contributed by atoms with E-state index in [1.54, 1.807) is 12.1 Å². The van der Waals surface area contributed by atoms with Gasteiger partial charge in [-0.15, -0.1) is 11.8 Å².